The van der Waals surface area contributed by atoms with Gasteiger partial charge in [-0.05, 0) is 26.7 Å². The molecule has 60 valence electrons. The summed E-state index contributed by atoms with van der Waals surface area (Å²) in [5, 5.41) is 3.70. The zero-order chi connectivity index (χ0) is 7.82. The number of unbranched alkanes of at least 4 members (excludes halogenated alkanes) is 1. The Morgan fingerprint density at radius 3 is 2.80 bits per heavy atom. The average molecular weight is 143 g/mol. The lowest BCUT2D eigenvalue weighted by atomic mass is 10.2. The maximum Gasteiger partial charge on any atom is 0.124 e. The van der Waals surface area contributed by atoms with Crippen LogP contribution in [0.4, 0.5) is 0 Å². The van der Waals surface area contributed by atoms with E-state index in [4.69, 9.17) is 4.84 Å². The molecule has 0 bridgehead atoms. The Morgan fingerprint density at radius 2 is 2.30 bits per heavy atom. The van der Waals surface area contributed by atoms with E-state index in [-0.39, 0.29) is 6.10 Å². The van der Waals surface area contributed by atoms with Gasteiger partial charge in [0.2, 0.25) is 0 Å². The molecule has 2 nitrogen and oxygen atoms in total. The van der Waals surface area contributed by atoms with Crippen molar-refractivity contribution < 1.29 is 4.84 Å². The SMILES string of the molecule is CC=NOC(C)CCCC. The third-order valence-corrected chi connectivity index (χ3v) is 1.31. The van der Waals surface area contributed by atoms with E-state index in [0.29, 0.717) is 0 Å². The maximum absolute atomic E-state index is 5.06. The second-order valence-corrected chi connectivity index (χ2v) is 2.42. The molecule has 0 saturated heterocycles. The first-order valence-electron chi connectivity index (χ1n) is 3.95. The predicted molar refractivity (Wildman–Crippen MR) is 44.2 cm³/mol. The standard InChI is InChI=1S/C8H17NO/c1-4-6-7-8(3)10-9-5-2/h5,8H,4,6-7H2,1-3H3. The molecule has 0 heterocycles. The highest BCUT2D eigenvalue weighted by Gasteiger charge is 1.98. The molecular weight excluding hydrogens is 126 g/mol. The first kappa shape index (κ1) is 9.47. The lowest BCUT2D eigenvalue weighted by Gasteiger charge is -2.06. The highest BCUT2D eigenvalue weighted by molar-refractivity contribution is 5.52. The maximum atomic E-state index is 5.06. The van der Waals surface area contributed by atoms with Gasteiger partial charge in [0.25, 0.3) is 0 Å². The molecule has 0 amide bonds. The Bertz CT molecular complexity index is 91.3. The van der Waals surface area contributed by atoms with Crippen LogP contribution in [0.3, 0.4) is 0 Å². The summed E-state index contributed by atoms with van der Waals surface area (Å²) in [7, 11) is 0. The lowest BCUT2D eigenvalue weighted by Crippen LogP contribution is -2.02. The normalized spacial score (nSPS) is 13.9. The van der Waals surface area contributed by atoms with Crippen molar-refractivity contribution in [2.24, 2.45) is 5.16 Å². The summed E-state index contributed by atoms with van der Waals surface area (Å²) in [6, 6.07) is 0. The summed E-state index contributed by atoms with van der Waals surface area (Å²) >= 11 is 0. The van der Waals surface area contributed by atoms with Gasteiger partial charge in [0.1, 0.15) is 6.10 Å². The molecular formula is C8H17NO. The van der Waals surface area contributed by atoms with Crippen LogP contribution < -0.4 is 0 Å². The molecule has 0 aromatic heterocycles. The van der Waals surface area contributed by atoms with E-state index in [9.17, 15) is 0 Å². The van der Waals surface area contributed by atoms with Crippen LogP contribution in [0.1, 0.15) is 40.0 Å². The lowest BCUT2D eigenvalue weighted by molar-refractivity contribution is 0.0658. The molecule has 1 atom stereocenters. The van der Waals surface area contributed by atoms with Crippen LogP contribution in [0.5, 0.6) is 0 Å². The van der Waals surface area contributed by atoms with Crippen molar-refractivity contribution in [1.82, 2.24) is 0 Å². The van der Waals surface area contributed by atoms with E-state index < -0.39 is 0 Å². The van der Waals surface area contributed by atoms with E-state index in [1.165, 1.54) is 12.8 Å². The molecule has 0 aliphatic rings. The van der Waals surface area contributed by atoms with Crippen molar-refractivity contribution in [3.63, 3.8) is 0 Å². The largest absolute Gasteiger partial charge is 0.393 e. The Labute approximate surface area is 63.3 Å². The van der Waals surface area contributed by atoms with Crippen molar-refractivity contribution >= 4 is 6.21 Å². The summed E-state index contributed by atoms with van der Waals surface area (Å²) in [4.78, 5) is 5.06. The van der Waals surface area contributed by atoms with Gasteiger partial charge in [-0.1, -0.05) is 18.5 Å². The van der Waals surface area contributed by atoms with Crippen LogP contribution in [-0.4, -0.2) is 12.3 Å². The van der Waals surface area contributed by atoms with E-state index in [2.05, 4.69) is 12.1 Å². The first-order chi connectivity index (χ1) is 4.81. The van der Waals surface area contributed by atoms with Crippen molar-refractivity contribution in [2.45, 2.75) is 46.1 Å². The summed E-state index contributed by atoms with van der Waals surface area (Å²) in [6.45, 7) is 6.07. The van der Waals surface area contributed by atoms with E-state index in [0.717, 1.165) is 6.42 Å². The monoisotopic (exact) mass is 143 g/mol. The van der Waals surface area contributed by atoms with E-state index in [1.54, 1.807) is 6.21 Å². The second-order valence-electron chi connectivity index (χ2n) is 2.42. The van der Waals surface area contributed by atoms with Gasteiger partial charge in [0.15, 0.2) is 0 Å². The summed E-state index contributed by atoms with van der Waals surface area (Å²) in [5.74, 6) is 0. The molecule has 0 spiro atoms. The predicted octanol–water partition coefficient (Wildman–Crippen LogP) is 2.59. The fourth-order valence-electron chi connectivity index (χ4n) is 0.709. The van der Waals surface area contributed by atoms with Gasteiger partial charge in [0.05, 0.1) is 0 Å². The van der Waals surface area contributed by atoms with Crippen LogP contribution in [0, 0.1) is 0 Å². The molecule has 0 N–H and O–H groups in total. The van der Waals surface area contributed by atoms with E-state index >= 15 is 0 Å². The summed E-state index contributed by atoms with van der Waals surface area (Å²) in [6.07, 6.45) is 5.50. The van der Waals surface area contributed by atoms with Crippen LogP contribution in [0.15, 0.2) is 5.16 Å². The molecule has 0 rings (SSSR count). The van der Waals surface area contributed by atoms with E-state index in [1.807, 2.05) is 13.8 Å². The zero-order valence-electron chi connectivity index (χ0n) is 7.13. The van der Waals surface area contributed by atoms with Crippen LogP contribution in [-0.2, 0) is 4.84 Å². The Balaban J connectivity index is 3.16. The van der Waals surface area contributed by atoms with Crippen LogP contribution in [0.25, 0.3) is 0 Å². The molecule has 0 aromatic rings. The number of hydrogen-bond acceptors (Lipinski definition) is 2. The molecule has 0 aromatic carbocycles. The number of rotatable bonds is 5. The highest BCUT2D eigenvalue weighted by Crippen LogP contribution is 2.03. The topological polar surface area (TPSA) is 21.6 Å². The van der Waals surface area contributed by atoms with Gasteiger partial charge >= 0.3 is 0 Å². The summed E-state index contributed by atoms with van der Waals surface area (Å²) in [5.41, 5.74) is 0. The van der Waals surface area contributed by atoms with Crippen LogP contribution >= 0.6 is 0 Å². The van der Waals surface area contributed by atoms with Gasteiger partial charge in [-0.2, -0.15) is 0 Å². The van der Waals surface area contributed by atoms with Crippen molar-refractivity contribution in [1.29, 1.82) is 0 Å². The van der Waals surface area contributed by atoms with Gasteiger partial charge in [-0.25, -0.2) is 0 Å². The van der Waals surface area contributed by atoms with Crippen molar-refractivity contribution in [3.8, 4) is 0 Å². The minimum Gasteiger partial charge on any atom is -0.393 e. The minimum absolute atomic E-state index is 0.274. The van der Waals surface area contributed by atoms with Gasteiger partial charge in [0, 0.05) is 6.21 Å². The molecule has 1 unspecified atom stereocenters. The fraction of sp³-hybridized carbons (Fsp3) is 0.875. The first-order valence-corrected chi connectivity index (χ1v) is 3.95. The molecule has 2 heteroatoms. The smallest absolute Gasteiger partial charge is 0.124 e. The van der Waals surface area contributed by atoms with Crippen molar-refractivity contribution in [2.75, 3.05) is 0 Å². The van der Waals surface area contributed by atoms with Gasteiger partial charge < -0.3 is 4.84 Å². The Kier molecular flexibility index (Phi) is 6.24. The molecule has 0 saturated carbocycles. The number of hydrogen-bond donors (Lipinski definition) is 0. The van der Waals surface area contributed by atoms with Crippen molar-refractivity contribution in [3.05, 3.63) is 0 Å². The molecule has 0 radical (unpaired) electrons. The average Bonchev–Trinajstić information content (AvgIpc) is 1.97. The second kappa shape index (κ2) is 6.59. The minimum atomic E-state index is 0.274. The van der Waals surface area contributed by atoms with Gasteiger partial charge in [-0.3, -0.25) is 0 Å². The molecule has 0 fully saturated rings. The van der Waals surface area contributed by atoms with Gasteiger partial charge in [-0.15, -0.1) is 0 Å². The van der Waals surface area contributed by atoms with Crippen LogP contribution in [0.2, 0.25) is 0 Å². The molecule has 0 aliphatic heterocycles. The Hall–Kier alpha value is -0.530. The highest BCUT2D eigenvalue weighted by atomic mass is 16.6. The number of nitrogens with zero attached hydrogens (tertiary/aromatic N) is 1. The third kappa shape index (κ3) is 5.60. The molecule has 0 aliphatic carbocycles. The zero-order valence-corrected chi connectivity index (χ0v) is 7.13. The molecule has 10 heavy (non-hydrogen) atoms. The number of oxime groups is 1. The summed E-state index contributed by atoms with van der Waals surface area (Å²) < 4.78 is 0. The Morgan fingerprint density at radius 1 is 1.60 bits per heavy atom. The fourth-order valence-corrected chi connectivity index (χ4v) is 0.709. The third-order valence-electron chi connectivity index (χ3n) is 1.31. The quantitative estimate of drug-likeness (QED) is 0.428.